The van der Waals surface area contributed by atoms with Crippen LogP contribution in [0.5, 0.6) is 11.5 Å². The smallest absolute Gasteiger partial charge is 0.243 e. The van der Waals surface area contributed by atoms with Crippen LogP contribution in [-0.4, -0.2) is 57.4 Å². The van der Waals surface area contributed by atoms with Gasteiger partial charge in [-0.05, 0) is 77.4 Å². The van der Waals surface area contributed by atoms with Crippen LogP contribution in [0.1, 0.15) is 29.3 Å². The second kappa shape index (κ2) is 13.3. The van der Waals surface area contributed by atoms with Gasteiger partial charge in [-0.2, -0.15) is 4.31 Å². The predicted molar refractivity (Wildman–Crippen MR) is 161 cm³/mol. The van der Waals surface area contributed by atoms with E-state index < -0.39 is 10.0 Å². The summed E-state index contributed by atoms with van der Waals surface area (Å²) in [6.45, 7) is 4.82. The molecule has 0 aliphatic rings. The van der Waals surface area contributed by atoms with E-state index in [1.165, 1.54) is 4.31 Å². The number of carbonyl (C=O) groups is 1. The lowest BCUT2D eigenvalue weighted by Gasteiger charge is -2.27. The molecule has 0 N–H and O–H groups in total. The molecule has 0 aliphatic heterocycles. The summed E-state index contributed by atoms with van der Waals surface area (Å²) in [6.07, 6.45) is 1.18. The molecular formula is C31H36N2O5S2. The molecule has 0 radical (unpaired) electrons. The summed E-state index contributed by atoms with van der Waals surface area (Å²) in [7, 11) is -0.694. The Kier molecular flexibility index (Phi) is 9.84. The van der Waals surface area contributed by atoms with Gasteiger partial charge in [0.15, 0.2) is 11.5 Å². The minimum Gasteiger partial charge on any atom is -0.493 e. The number of ether oxygens (including phenoxy) is 2. The summed E-state index contributed by atoms with van der Waals surface area (Å²) in [5, 5.41) is 3.82. The van der Waals surface area contributed by atoms with Gasteiger partial charge in [0, 0.05) is 18.0 Å². The first-order valence-electron chi connectivity index (χ1n) is 13.3. The van der Waals surface area contributed by atoms with E-state index in [1.807, 2.05) is 73.8 Å². The number of rotatable bonds is 13. The highest BCUT2D eigenvalue weighted by Gasteiger charge is 2.28. The molecule has 1 aromatic heterocycles. The minimum absolute atomic E-state index is 0.193. The SMILES string of the molecule is CCCN(CC(=O)N(CCc1ccc(OC)c(OC)c1)Cc1sccc1C)S(=O)(=O)c1ccc2ccccc2c1. The van der Waals surface area contributed by atoms with Crippen LogP contribution in [0.25, 0.3) is 10.8 Å². The lowest BCUT2D eigenvalue weighted by Crippen LogP contribution is -2.43. The lowest BCUT2D eigenvalue weighted by atomic mass is 10.1. The van der Waals surface area contributed by atoms with Gasteiger partial charge in [0.25, 0.3) is 0 Å². The number of nitrogens with zero attached hydrogens (tertiary/aromatic N) is 2. The number of fused-ring (bicyclic) bond motifs is 1. The maximum absolute atomic E-state index is 13.8. The van der Waals surface area contributed by atoms with Crippen molar-refractivity contribution in [1.82, 2.24) is 9.21 Å². The van der Waals surface area contributed by atoms with Gasteiger partial charge in [-0.1, -0.05) is 43.3 Å². The number of hydrogen-bond donors (Lipinski definition) is 0. The average Bonchev–Trinajstić information content (AvgIpc) is 3.38. The fourth-order valence-electron chi connectivity index (χ4n) is 4.59. The van der Waals surface area contributed by atoms with Crippen LogP contribution >= 0.6 is 11.3 Å². The van der Waals surface area contributed by atoms with Crippen molar-refractivity contribution in [1.29, 1.82) is 0 Å². The highest BCUT2D eigenvalue weighted by Crippen LogP contribution is 2.28. The predicted octanol–water partition coefficient (Wildman–Crippen LogP) is 5.90. The molecule has 4 rings (SSSR count). The molecule has 0 aliphatic carbocycles. The Morgan fingerprint density at radius 1 is 0.900 bits per heavy atom. The van der Waals surface area contributed by atoms with Crippen molar-refractivity contribution in [3.05, 3.63) is 88.1 Å². The molecule has 212 valence electrons. The average molecular weight is 581 g/mol. The third kappa shape index (κ3) is 6.83. The summed E-state index contributed by atoms with van der Waals surface area (Å²) < 4.78 is 39.6. The zero-order valence-electron chi connectivity index (χ0n) is 23.4. The molecule has 0 bridgehead atoms. The van der Waals surface area contributed by atoms with Crippen molar-refractivity contribution in [3.8, 4) is 11.5 Å². The van der Waals surface area contributed by atoms with E-state index in [9.17, 15) is 13.2 Å². The number of methoxy groups -OCH3 is 2. The van der Waals surface area contributed by atoms with Gasteiger partial charge in [-0.3, -0.25) is 4.79 Å². The summed E-state index contributed by atoms with van der Waals surface area (Å²) in [5.74, 6) is 1.04. The molecule has 0 saturated carbocycles. The lowest BCUT2D eigenvalue weighted by molar-refractivity contribution is -0.132. The Morgan fingerprint density at radius 3 is 2.33 bits per heavy atom. The molecule has 0 atom stereocenters. The van der Waals surface area contributed by atoms with Gasteiger partial charge in [0.2, 0.25) is 15.9 Å². The van der Waals surface area contributed by atoms with Crippen molar-refractivity contribution >= 4 is 38.0 Å². The third-order valence-electron chi connectivity index (χ3n) is 6.92. The maximum Gasteiger partial charge on any atom is 0.243 e. The third-order valence-corrected chi connectivity index (χ3v) is 9.77. The van der Waals surface area contributed by atoms with E-state index in [1.54, 1.807) is 42.6 Å². The zero-order valence-corrected chi connectivity index (χ0v) is 25.1. The fourth-order valence-corrected chi connectivity index (χ4v) is 7.03. The Bertz CT molecular complexity index is 1570. The highest BCUT2D eigenvalue weighted by atomic mass is 32.2. The van der Waals surface area contributed by atoms with Gasteiger partial charge in [0.05, 0.1) is 32.2 Å². The monoisotopic (exact) mass is 580 g/mol. The van der Waals surface area contributed by atoms with Gasteiger partial charge < -0.3 is 14.4 Å². The number of aryl methyl sites for hydroxylation is 1. The van der Waals surface area contributed by atoms with E-state index in [-0.39, 0.29) is 23.9 Å². The quantitative estimate of drug-likeness (QED) is 0.197. The topological polar surface area (TPSA) is 76.2 Å². The van der Waals surface area contributed by atoms with Crippen LogP contribution < -0.4 is 9.47 Å². The second-order valence-electron chi connectivity index (χ2n) is 9.63. The Balaban J connectivity index is 1.58. The van der Waals surface area contributed by atoms with Crippen LogP contribution in [0.4, 0.5) is 0 Å². The molecule has 1 amide bonds. The molecule has 4 aromatic rings. The number of thiophene rings is 1. The van der Waals surface area contributed by atoms with Gasteiger partial charge >= 0.3 is 0 Å². The molecule has 40 heavy (non-hydrogen) atoms. The summed E-state index contributed by atoms with van der Waals surface area (Å²) in [6, 6.07) is 20.5. The molecule has 7 nitrogen and oxygen atoms in total. The van der Waals surface area contributed by atoms with Gasteiger partial charge in [0.1, 0.15) is 0 Å². The van der Waals surface area contributed by atoms with Crippen molar-refractivity contribution in [2.45, 2.75) is 38.1 Å². The summed E-state index contributed by atoms with van der Waals surface area (Å²) >= 11 is 1.60. The Labute approximate surface area is 241 Å². The van der Waals surface area contributed by atoms with Gasteiger partial charge in [-0.25, -0.2) is 8.42 Å². The Hall–Kier alpha value is -3.40. The Morgan fingerprint density at radius 2 is 1.65 bits per heavy atom. The highest BCUT2D eigenvalue weighted by molar-refractivity contribution is 7.89. The molecular weight excluding hydrogens is 544 g/mol. The van der Waals surface area contributed by atoms with E-state index in [2.05, 4.69) is 0 Å². The number of amides is 1. The summed E-state index contributed by atoms with van der Waals surface area (Å²) in [4.78, 5) is 16.8. The molecule has 0 spiro atoms. The summed E-state index contributed by atoms with van der Waals surface area (Å²) in [5.41, 5.74) is 2.11. The molecule has 3 aromatic carbocycles. The number of hydrogen-bond acceptors (Lipinski definition) is 6. The van der Waals surface area contributed by atoms with Gasteiger partial charge in [-0.15, -0.1) is 11.3 Å². The maximum atomic E-state index is 13.8. The standard InChI is InChI=1S/C31H36N2O5S2/c1-5-16-33(40(35,36)27-12-11-25-8-6-7-9-26(25)20-27)22-31(34)32(21-30-23(2)15-18-39-30)17-14-24-10-13-28(37-3)29(19-24)38-4/h6-13,15,18-20H,5,14,16-17,21-22H2,1-4H3. The zero-order chi connectivity index (χ0) is 28.7. The first-order valence-corrected chi connectivity index (χ1v) is 15.6. The minimum atomic E-state index is -3.88. The molecule has 0 saturated heterocycles. The van der Waals surface area contributed by atoms with Crippen LogP contribution in [0, 0.1) is 6.92 Å². The number of sulfonamides is 1. The van der Waals surface area contributed by atoms with Crippen LogP contribution in [0.15, 0.2) is 77.0 Å². The fraction of sp³-hybridized carbons (Fsp3) is 0.323. The normalized spacial score (nSPS) is 11.6. The van der Waals surface area contributed by atoms with E-state index in [0.29, 0.717) is 37.4 Å². The number of carbonyl (C=O) groups excluding carboxylic acids is 1. The van der Waals surface area contributed by atoms with Crippen LogP contribution in [0.2, 0.25) is 0 Å². The first-order chi connectivity index (χ1) is 19.3. The van der Waals surface area contributed by atoms with Crippen molar-refractivity contribution in [2.24, 2.45) is 0 Å². The van der Waals surface area contributed by atoms with Crippen LogP contribution in [-0.2, 0) is 27.8 Å². The van der Waals surface area contributed by atoms with Crippen molar-refractivity contribution < 1.29 is 22.7 Å². The van der Waals surface area contributed by atoms with Crippen molar-refractivity contribution in [2.75, 3.05) is 33.9 Å². The molecule has 9 heteroatoms. The number of benzene rings is 3. The van der Waals surface area contributed by atoms with Crippen molar-refractivity contribution in [3.63, 3.8) is 0 Å². The first kappa shape index (κ1) is 29.6. The largest absolute Gasteiger partial charge is 0.493 e. The molecule has 0 unspecified atom stereocenters. The molecule has 0 fully saturated rings. The van der Waals surface area contributed by atoms with E-state index in [4.69, 9.17) is 9.47 Å². The van der Waals surface area contributed by atoms with E-state index in [0.717, 1.165) is 26.8 Å². The van der Waals surface area contributed by atoms with E-state index >= 15 is 0 Å². The second-order valence-corrected chi connectivity index (χ2v) is 12.6. The van der Waals surface area contributed by atoms with Crippen LogP contribution in [0.3, 0.4) is 0 Å². The molecule has 1 heterocycles.